The Balaban J connectivity index is 2.03. The lowest BCUT2D eigenvalue weighted by atomic mass is 10.2. The van der Waals surface area contributed by atoms with Crippen molar-refractivity contribution in [3.05, 3.63) is 67.6 Å². The zero-order chi connectivity index (χ0) is 21.2. The molecule has 1 heterocycles. The summed E-state index contributed by atoms with van der Waals surface area (Å²) in [6.07, 6.45) is 0.244. The zero-order valence-electron chi connectivity index (χ0n) is 15.0. The summed E-state index contributed by atoms with van der Waals surface area (Å²) >= 11 is 0. The SMILES string of the molecule is O=[N+]([O-])c1cc([N+](=O)[O-])c(O)c([N+](=O)OS2(c3ccccc3)CCC(O)CC2)c1. The standard InChI is InChI=1S/C17H17N3O8S/c21-13-6-8-29(9-7-13,14-4-2-1-3-5-14)28-20(27)16-11-12(18(23)24)10-15(17(16)22)19(25)26/h1-5,10-11,13,21H,6-9H2/p+1. The highest BCUT2D eigenvalue weighted by Crippen LogP contribution is 2.61. The Morgan fingerprint density at radius 1 is 0.966 bits per heavy atom. The van der Waals surface area contributed by atoms with Crippen LogP contribution >= 0.6 is 10.3 Å². The van der Waals surface area contributed by atoms with Crippen molar-refractivity contribution in [1.29, 1.82) is 0 Å². The van der Waals surface area contributed by atoms with Crippen LogP contribution in [0.4, 0.5) is 17.1 Å². The lowest BCUT2D eigenvalue weighted by molar-refractivity contribution is -0.697. The Hall–Kier alpha value is -3.25. The molecular weight excluding hydrogens is 406 g/mol. The molecule has 12 heteroatoms. The molecule has 0 spiro atoms. The van der Waals surface area contributed by atoms with Crippen LogP contribution in [-0.2, 0) is 4.28 Å². The highest BCUT2D eigenvalue weighted by atomic mass is 32.3. The van der Waals surface area contributed by atoms with Gasteiger partial charge in [0.05, 0.1) is 26.9 Å². The third kappa shape index (κ3) is 4.12. The van der Waals surface area contributed by atoms with Crippen molar-refractivity contribution in [2.24, 2.45) is 0 Å². The van der Waals surface area contributed by atoms with E-state index in [0.29, 0.717) is 30.4 Å². The van der Waals surface area contributed by atoms with Crippen molar-refractivity contribution in [3.63, 3.8) is 0 Å². The zero-order valence-corrected chi connectivity index (χ0v) is 15.9. The first kappa shape index (κ1) is 20.5. The highest BCUT2D eigenvalue weighted by molar-refractivity contribution is 8.29. The molecule has 0 unspecified atom stereocenters. The van der Waals surface area contributed by atoms with Crippen molar-refractivity contribution in [2.75, 3.05) is 11.5 Å². The second-order valence-electron chi connectivity index (χ2n) is 6.44. The van der Waals surface area contributed by atoms with Gasteiger partial charge < -0.3 is 10.2 Å². The van der Waals surface area contributed by atoms with Gasteiger partial charge >= 0.3 is 11.4 Å². The molecule has 2 aromatic rings. The molecule has 0 bridgehead atoms. The van der Waals surface area contributed by atoms with E-state index < -0.39 is 49.1 Å². The number of benzene rings is 2. The van der Waals surface area contributed by atoms with E-state index in [2.05, 4.69) is 0 Å². The third-order valence-electron chi connectivity index (χ3n) is 4.60. The monoisotopic (exact) mass is 424 g/mol. The largest absolute Gasteiger partial charge is 0.497 e. The number of aliphatic hydroxyl groups excluding tert-OH is 1. The second-order valence-corrected chi connectivity index (χ2v) is 9.50. The number of hydrogen-bond acceptors (Lipinski definition) is 8. The van der Waals surface area contributed by atoms with Crippen LogP contribution < -0.4 is 0 Å². The maximum Gasteiger partial charge on any atom is 0.373 e. The van der Waals surface area contributed by atoms with Gasteiger partial charge in [0, 0.05) is 26.7 Å². The van der Waals surface area contributed by atoms with Crippen molar-refractivity contribution >= 4 is 27.4 Å². The van der Waals surface area contributed by atoms with Crippen LogP contribution in [0.15, 0.2) is 47.4 Å². The molecule has 0 amide bonds. The molecule has 0 radical (unpaired) electrons. The molecular formula is C17H18N3O8S+. The summed E-state index contributed by atoms with van der Waals surface area (Å²) in [5.41, 5.74) is -2.42. The average Bonchev–Trinajstić information content (AvgIpc) is 2.70. The van der Waals surface area contributed by atoms with E-state index in [1.54, 1.807) is 30.3 Å². The van der Waals surface area contributed by atoms with E-state index in [-0.39, 0.29) is 4.92 Å². The Morgan fingerprint density at radius 2 is 1.55 bits per heavy atom. The minimum Gasteiger partial charge on any atom is -0.497 e. The molecule has 3 rings (SSSR count). The van der Waals surface area contributed by atoms with Gasteiger partial charge in [-0.05, 0) is 25.0 Å². The van der Waals surface area contributed by atoms with Crippen LogP contribution in [0.5, 0.6) is 5.75 Å². The maximum atomic E-state index is 12.8. The normalized spacial score (nSPS) is 23.6. The lowest BCUT2D eigenvalue weighted by Crippen LogP contribution is -2.28. The van der Waals surface area contributed by atoms with Gasteiger partial charge in [-0.2, -0.15) is 4.28 Å². The number of nitrogens with zero attached hydrogens (tertiary/aromatic N) is 3. The molecule has 0 saturated carbocycles. The molecule has 2 N–H and O–H groups in total. The van der Waals surface area contributed by atoms with Crippen LogP contribution in [0, 0.1) is 25.1 Å². The fourth-order valence-corrected chi connectivity index (χ4v) is 6.27. The molecule has 0 atom stereocenters. The molecule has 11 nitrogen and oxygen atoms in total. The Morgan fingerprint density at radius 3 is 2.10 bits per heavy atom. The highest BCUT2D eigenvalue weighted by Gasteiger charge is 2.43. The number of phenols is 1. The number of rotatable bonds is 6. The fraction of sp³-hybridized carbons (Fsp3) is 0.294. The minimum atomic E-state index is -2.24. The summed E-state index contributed by atoms with van der Waals surface area (Å²) < 4.78 is 5.69. The number of aromatic hydroxyl groups is 1. The van der Waals surface area contributed by atoms with Gasteiger partial charge in [-0.1, -0.05) is 18.2 Å². The predicted molar refractivity (Wildman–Crippen MR) is 103 cm³/mol. The third-order valence-corrected chi connectivity index (χ3v) is 7.95. The van der Waals surface area contributed by atoms with E-state index in [1.165, 1.54) is 0 Å². The minimum absolute atomic E-state index is 0.0879. The van der Waals surface area contributed by atoms with Crippen molar-refractivity contribution in [1.82, 2.24) is 0 Å². The number of non-ortho nitro benzene ring substituents is 1. The van der Waals surface area contributed by atoms with E-state index in [0.717, 1.165) is 11.0 Å². The number of aliphatic hydroxyl groups is 1. The Labute approximate surface area is 165 Å². The van der Waals surface area contributed by atoms with Crippen LogP contribution in [0.25, 0.3) is 0 Å². The van der Waals surface area contributed by atoms with Gasteiger partial charge in [-0.15, -0.1) is 0 Å². The van der Waals surface area contributed by atoms with Crippen LogP contribution in [0.3, 0.4) is 0 Å². The maximum absolute atomic E-state index is 12.8. The summed E-state index contributed by atoms with van der Waals surface area (Å²) in [4.78, 5) is 33.7. The van der Waals surface area contributed by atoms with Crippen LogP contribution in [-0.4, -0.2) is 42.6 Å². The molecule has 29 heavy (non-hydrogen) atoms. The molecule has 1 fully saturated rings. The van der Waals surface area contributed by atoms with Gasteiger partial charge in [-0.25, -0.2) is 0 Å². The molecule has 0 aliphatic carbocycles. The molecule has 2 aromatic carbocycles. The van der Waals surface area contributed by atoms with Gasteiger partial charge in [-0.3, -0.25) is 20.2 Å². The van der Waals surface area contributed by atoms with E-state index in [4.69, 9.17) is 4.28 Å². The topological polar surface area (TPSA) is 156 Å². The summed E-state index contributed by atoms with van der Waals surface area (Å²) in [5, 5.41) is 42.2. The number of nitro groups is 2. The summed E-state index contributed by atoms with van der Waals surface area (Å²) in [6, 6.07) is 10.2. The van der Waals surface area contributed by atoms with Gasteiger partial charge in [0.1, 0.15) is 6.07 Å². The predicted octanol–water partition coefficient (Wildman–Crippen LogP) is 3.48. The van der Waals surface area contributed by atoms with Gasteiger partial charge in [0.15, 0.2) is 0 Å². The molecule has 0 aromatic heterocycles. The van der Waals surface area contributed by atoms with Crippen LogP contribution in [0.2, 0.25) is 0 Å². The lowest BCUT2D eigenvalue weighted by Gasteiger charge is -2.38. The molecule has 1 saturated heterocycles. The van der Waals surface area contributed by atoms with E-state index >= 15 is 0 Å². The first-order valence-electron chi connectivity index (χ1n) is 8.58. The first-order chi connectivity index (χ1) is 13.7. The van der Waals surface area contributed by atoms with Crippen molar-refractivity contribution in [3.8, 4) is 5.75 Å². The first-order valence-corrected chi connectivity index (χ1v) is 10.5. The average molecular weight is 424 g/mol. The Bertz CT molecular complexity index is 961. The van der Waals surface area contributed by atoms with Gasteiger partial charge in [0.25, 0.3) is 16.4 Å². The van der Waals surface area contributed by atoms with Crippen LogP contribution in [0.1, 0.15) is 12.8 Å². The number of nitro benzene ring substituents is 2. The number of hydrogen-bond donors (Lipinski definition) is 2. The van der Waals surface area contributed by atoms with E-state index in [1.807, 2.05) is 0 Å². The summed E-state index contributed by atoms with van der Waals surface area (Å²) in [6.45, 7) is 0. The summed E-state index contributed by atoms with van der Waals surface area (Å²) in [5.74, 6) is -0.308. The second kappa shape index (κ2) is 8.01. The number of phenolic OH excluding ortho intramolecular Hbond substituents is 1. The molecule has 1 aliphatic heterocycles. The fourth-order valence-electron chi connectivity index (χ4n) is 3.06. The molecule has 154 valence electrons. The molecule has 1 aliphatic rings. The van der Waals surface area contributed by atoms with Crippen molar-refractivity contribution < 1.29 is 29.3 Å². The van der Waals surface area contributed by atoms with Gasteiger partial charge in [0.2, 0.25) is 0 Å². The van der Waals surface area contributed by atoms with Crippen molar-refractivity contribution in [2.45, 2.75) is 23.8 Å². The smallest absolute Gasteiger partial charge is 0.373 e. The quantitative estimate of drug-likeness (QED) is 0.527. The summed E-state index contributed by atoms with van der Waals surface area (Å²) in [7, 11) is -2.24. The van der Waals surface area contributed by atoms with E-state index in [9.17, 15) is 35.3 Å². The Kier molecular flexibility index (Phi) is 5.66.